The summed E-state index contributed by atoms with van der Waals surface area (Å²) >= 11 is 0. The highest BCUT2D eigenvalue weighted by Gasteiger charge is 2.32. The molecule has 0 radical (unpaired) electrons. The molecule has 1 heterocycles. The molecule has 0 bridgehead atoms. The minimum Gasteiger partial charge on any atom is -0.409 e. The Morgan fingerprint density at radius 1 is 1.65 bits per heavy atom. The molecule has 0 saturated carbocycles. The topological polar surface area (TPSA) is 82.2 Å². The van der Waals surface area contributed by atoms with Gasteiger partial charge in [-0.05, 0) is 26.9 Å². The van der Waals surface area contributed by atoms with Gasteiger partial charge in [0.2, 0.25) is 5.91 Å². The first-order chi connectivity index (χ1) is 8.01. The Hall–Kier alpha value is -1.30. The minimum absolute atomic E-state index is 0.00537. The normalized spacial score (nSPS) is 23.2. The average molecular weight is 242 g/mol. The first-order valence-electron chi connectivity index (χ1n) is 5.93. The predicted octanol–water partition coefficient (Wildman–Crippen LogP) is -0.0785. The highest BCUT2D eigenvalue weighted by atomic mass is 16.4. The number of likely N-dealkylation sites (N-methyl/N-ethyl adjacent to an activating group) is 1. The Labute approximate surface area is 102 Å². The van der Waals surface area contributed by atoms with Crippen molar-refractivity contribution >= 4 is 11.7 Å². The van der Waals surface area contributed by atoms with Gasteiger partial charge in [0.25, 0.3) is 0 Å². The third-order valence-electron chi connectivity index (χ3n) is 3.38. The predicted molar refractivity (Wildman–Crippen MR) is 65.9 cm³/mol. The molecule has 1 aliphatic rings. The first-order valence-corrected chi connectivity index (χ1v) is 5.93. The van der Waals surface area contributed by atoms with Crippen LogP contribution in [0, 0.1) is 5.92 Å². The van der Waals surface area contributed by atoms with E-state index in [0.717, 1.165) is 19.5 Å². The monoisotopic (exact) mass is 242 g/mol. The van der Waals surface area contributed by atoms with Gasteiger partial charge >= 0.3 is 0 Å². The van der Waals surface area contributed by atoms with Gasteiger partial charge in [0.05, 0.1) is 5.92 Å². The highest BCUT2D eigenvalue weighted by molar-refractivity contribution is 6.02. The number of amides is 1. The largest absolute Gasteiger partial charge is 0.409 e. The van der Waals surface area contributed by atoms with E-state index in [1.165, 1.54) is 0 Å². The second-order valence-electron chi connectivity index (χ2n) is 4.68. The summed E-state index contributed by atoms with van der Waals surface area (Å²) in [6.45, 7) is 3.33. The van der Waals surface area contributed by atoms with Crippen molar-refractivity contribution in [3.8, 4) is 0 Å². The molecule has 0 aromatic rings. The summed E-state index contributed by atoms with van der Waals surface area (Å²) in [7, 11) is 4.03. The van der Waals surface area contributed by atoms with Crippen molar-refractivity contribution in [2.75, 3.05) is 27.2 Å². The molecular weight excluding hydrogens is 220 g/mol. The Balaban J connectivity index is 2.65. The van der Waals surface area contributed by atoms with Crippen molar-refractivity contribution in [3.05, 3.63) is 0 Å². The number of nitrogens with two attached hydrogens (primary N) is 1. The Kier molecular flexibility index (Phi) is 4.74. The lowest BCUT2D eigenvalue weighted by Gasteiger charge is -2.23. The summed E-state index contributed by atoms with van der Waals surface area (Å²) in [5.74, 6) is -0.529. The molecule has 2 unspecified atom stereocenters. The fraction of sp³-hybridized carbons (Fsp3) is 0.818. The molecule has 1 fully saturated rings. The third-order valence-corrected chi connectivity index (χ3v) is 3.38. The Bertz CT molecular complexity index is 304. The maximum Gasteiger partial charge on any atom is 0.233 e. The van der Waals surface area contributed by atoms with Gasteiger partial charge in [0.1, 0.15) is 0 Å². The zero-order valence-corrected chi connectivity index (χ0v) is 10.8. The molecule has 6 nitrogen and oxygen atoms in total. The van der Waals surface area contributed by atoms with Crippen LogP contribution in [0.3, 0.4) is 0 Å². The smallest absolute Gasteiger partial charge is 0.233 e. The molecule has 0 aromatic carbocycles. The van der Waals surface area contributed by atoms with Crippen molar-refractivity contribution in [2.45, 2.75) is 25.8 Å². The number of oxime groups is 1. The highest BCUT2D eigenvalue weighted by Crippen LogP contribution is 2.17. The number of likely N-dealkylation sites (tertiary alicyclic amines) is 1. The summed E-state index contributed by atoms with van der Waals surface area (Å²) in [6, 6.07) is 0.406. The Morgan fingerprint density at radius 2 is 2.29 bits per heavy atom. The van der Waals surface area contributed by atoms with E-state index in [0.29, 0.717) is 12.5 Å². The molecule has 98 valence electrons. The minimum atomic E-state index is -0.499. The number of hydrogen-bond donors (Lipinski definition) is 2. The lowest BCUT2D eigenvalue weighted by molar-refractivity contribution is -0.132. The van der Waals surface area contributed by atoms with E-state index >= 15 is 0 Å². The van der Waals surface area contributed by atoms with Gasteiger partial charge in [-0.15, -0.1) is 0 Å². The number of amidine groups is 1. The van der Waals surface area contributed by atoms with Crippen LogP contribution in [0.5, 0.6) is 0 Å². The lowest BCUT2D eigenvalue weighted by Crippen LogP contribution is -2.42. The van der Waals surface area contributed by atoms with E-state index in [2.05, 4.69) is 10.1 Å². The average Bonchev–Trinajstić information content (AvgIpc) is 2.78. The van der Waals surface area contributed by atoms with Gasteiger partial charge in [-0.1, -0.05) is 12.1 Å². The van der Waals surface area contributed by atoms with Crippen LogP contribution in [0.1, 0.15) is 19.8 Å². The fourth-order valence-corrected chi connectivity index (χ4v) is 2.16. The quantitative estimate of drug-likeness (QED) is 0.313. The zero-order chi connectivity index (χ0) is 13.0. The van der Waals surface area contributed by atoms with Gasteiger partial charge < -0.3 is 20.7 Å². The number of hydrogen-bond acceptors (Lipinski definition) is 4. The van der Waals surface area contributed by atoms with E-state index < -0.39 is 5.92 Å². The van der Waals surface area contributed by atoms with Crippen LogP contribution in [0.25, 0.3) is 0 Å². The van der Waals surface area contributed by atoms with Gasteiger partial charge in [0.15, 0.2) is 5.84 Å². The second kappa shape index (κ2) is 5.86. The van der Waals surface area contributed by atoms with Gasteiger partial charge in [-0.2, -0.15) is 0 Å². The molecule has 2 atom stereocenters. The first kappa shape index (κ1) is 13.8. The maximum absolute atomic E-state index is 12.2. The molecule has 6 heteroatoms. The number of rotatable bonds is 4. The standard InChI is InChI=1S/C11H22N4O2/c1-4-9(10(12)13-17)11(16)15-6-5-8(7-15)14(2)3/h8-9,17H,4-7H2,1-3H3,(H2,12,13). The number of nitrogens with zero attached hydrogens (tertiary/aromatic N) is 3. The molecule has 1 saturated heterocycles. The van der Waals surface area contributed by atoms with Gasteiger partial charge in [0, 0.05) is 19.1 Å². The van der Waals surface area contributed by atoms with E-state index in [1.807, 2.05) is 21.0 Å². The fourth-order valence-electron chi connectivity index (χ4n) is 2.16. The summed E-state index contributed by atoms with van der Waals surface area (Å²) < 4.78 is 0. The molecule has 1 aliphatic heterocycles. The SMILES string of the molecule is CCC(C(=O)N1CCC(N(C)C)C1)C(N)=NO. The van der Waals surface area contributed by atoms with Crippen LogP contribution < -0.4 is 5.73 Å². The molecule has 17 heavy (non-hydrogen) atoms. The van der Waals surface area contributed by atoms with Crippen LogP contribution in [0.4, 0.5) is 0 Å². The molecule has 3 N–H and O–H groups in total. The van der Waals surface area contributed by atoms with Crippen LogP contribution in [0.15, 0.2) is 5.16 Å². The summed E-state index contributed by atoms with van der Waals surface area (Å²) in [4.78, 5) is 16.1. The second-order valence-corrected chi connectivity index (χ2v) is 4.68. The molecule has 1 rings (SSSR count). The van der Waals surface area contributed by atoms with Gasteiger partial charge in [-0.25, -0.2) is 0 Å². The van der Waals surface area contributed by atoms with Crippen LogP contribution in [0.2, 0.25) is 0 Å². The van der Waals surface area contributed by atoms with Crippen LogP contribution >= 0.6 is 0 Å². The number of carbonyl (C=O) groups excluding carboxylic acids is 1. The summed E-state index contributed by atoms with van der Waals surface area (Å²) in [5.41, 5.74) is 5.53. The van der Waals surface area contributed by atoms with Gasteiger partial charge in [-0.3, -0.25) is 4.79 Å². The van der Waals surface area contributed by atoms with E-state index in [4.69, 9.17) is 10.9 Å². The third kappa shape index (κ3) is 3.09. The number of carbonyl (C=O) groups is 1. The van der Waals surface area contributed by atoms with E-state index in [-0.39, 0.29) is 11.7 Å². The maximum atomic E-state index is 12.2. The van der Waals surface area contributed by atoms with Crippen molar-refractivity contribution in [1.29, 1.82) is 0 Å². The van der Waals surface area contributed by atoms with E-state index in [9.17, 15) is 4.79 Å². The van der Waals surface area contributed by atoms with Crippen molar-refractivity contribution in [2.24, 2.45) is 16.8 Å². The summed E-state index contributed by atoms with van der Waals surface area (Å²) in [6.07, 6.45) is 1.53. The van der Waals surface area contributed by atoms with Crippen LogP contribution in [-0.2, 0) is 4.79 Å². The molecule has 0 aliphatic carbocycles. The van der Waals surface area contributed by atoms with Crippen molar-refractivity contribution in [1.82, 2.24) is 9.80 Å². The molecular formula is C11H22N4O2. The van der Waals surface area contributed by atoms with Crippen molar-refractivity contribution in [3.63, 3.8) is 0 Å². The van der Waals surface area contributed by atoms with E-state index in [1.54, 1.807) is 4.90 Å². The molecule has 0 aromatic heterocycles. The lowest BCUT2D eigenvalue weighted by atomic mass is 10.0. The van der Waals surface area contributed by atoms with Crippen molar-refractivity contribution < 1.29 is 10.0 Å². The molecule has 1 amide bonds. The zero-order valence-electron chi connectivity index (χ0n) is 10.8. The van der Waals surface area contributed by atoms with Crippen LogP contribution in [-0.4, -0.2) is 60.0 Å². The summed E-state index contributed by atoms with van der Waals surface area (Å²) in [5, 5.41) is 11.6. The Morgan fingerprint density at radius 3 is 2.71 bits per heavy atom. The molecule has 0 spiro atoms.